The number of carbonyl (C=O) groups excluding carboxylic acids is 1. The third-order valence-corrected chi connectivity index (χ3v) is 6.87. The van der Waals surface area contributed by atoms with Gasteiger partial charge in [0.1, 0.15) is 17.2 Å². The van der Waals surface area contributed by atoms with E-state index in [0.29, 0.717) is 13.2 Å². The van der Waals surface area contributed by atoms with Crippen molar-refractivity contribution >= 4 is 28.1 Å². The number of H-pyrrole nitrogens is 1. The number of aromatic nitrogens is 3. The third-order valence-electron chi connectivity index (χ3n) is 5.75. The molecule has 0 fully saturated rings. The maximum atomic E-state index is 12.5. The fourth-order valence-electron chi connectivity index (χ4n) is 4.36. The van der Waals surface area contributed by atoms with Crippen LogP contribution in [0.15, 0.2) is 12.1 Å². The second-order valence-corrected chi connectivity index (χ2v) is 9.71. The van der Waals surface area contributed by atoms with Crippen LogP contribution in [-0.2, 0) is 6.42 Å². The smallest absolute Gasteiger partial charge is 0.263 e. The largest absolute Gasteiger partial charge is 0.490 e. The first-order chi connectivity index (χ1) is 14.2. The number of carbonyl (C=O) groups is 1. The van der Waals surface area contributed by atoms with Crippen LogP contribution in [0.4, 0.5) is 10.8 Å². The molecule has 2 aliphatic heterocycles. The molecule has 7 nitrogen and oxygen atoms in total. The summed E-state index contributed by atoms with van der Waals surface area (Å²) in [4.78, 5) is 20.3. The summed E-state index contributed by atoms with van der Waals surface area (Å²) in [5, 5.41) is 11.3. The second-order valence-electron chi connectivity index (χ2n) is 8.73. The number of aromatic amines is 1. The van der Waals surface area contributed by atoms with Crippen LogP contribution in [0.25, 0.3) is 11.1 Å². The standard InChI is InChI=1S/C22H25N5O2S/c1-11-8-16-17(9-14(11)18-12(2)25-26-13(18)3)29-7-6-27(16)21-23-15-10-22(4,5)24-20(28)19(15)30-21/h8-9H,6-7,10H2,1-5H3,(H,24,28)(H,25,26). The van der Waals surface area contributed by atoms with Crippen LogP contribution in [-0.4, -0.2) is 39.8 Å². The number of thiazole rings is 1. The van der Waals surface area contributed by atoms with Crippen LogP contribution >= 0.6 is 11.3 Å². The molecule has 0 atom stereocenters. The Morgan fingerprint density at radius 3 is 2.77 bits per heavy atom. The monoisotopic (exact) mass is 423 g/mol. The number of fused-ring (bicyclic) bond motifs is 2. The van der Waals surface area contributed by atoms with E-state index in [1.54, 1.807) is 0 Å². The first kappa shape index (κ1) is 19.1. The van der Waals surface area contributed by atoms with Gasteiger partial charge in [-0.15, -0.1) is 0 Å². The van der Waals surface area contributed by atoms with Gasteiger partial charge in [0.2, 0.25) is 0 Å². The molecule has 30 heavy (non-hydrogen) atoms. The molecular weight excluding hydrogens is 398 g/mol. The lowest BCUT2D eigenvalue weighted by Gasteiger charge is -2.30. The number of nitrogens with zero attached hydrogens (tertiary/aromatic N) is 3. The average molecular weight is 424 g/mol. The molecule has 2 aromatic heterocycles. The molecule has 2 N–H and O–H groups in total. The van der Waals surface area contributed by atoms with Crippen molar-refractivity contribution in [3.63, 3.8) is 0 Å². The van der Waals surface area contributed by atoms with E-state index in [1.807, 2.05) is 27.7 Å². The minimum atomic E-state index is -0.274. The van der Waals surface area contributed by atoms with Gasteiger partial charge < -0.3 is 15.0 Å². The van der Waals surface area contributed by atoms with Crippen molar-refractivity contribution in [1.29, 1.82) is 0 Å². The molecule has 3 aromatic rings. The molecule has 0 saturated heterocycles. The van der Waals surface area contributed by atoms with Crippen LogP contribution in [0.3, 0.4) is 0 Å². The van der Waals surface area contributed by atoms with Gasteiger partial charge in [0.15, 0.2) is 5.13 Å². The van der Waals surface area contributed by atoms with Gasteiger partial charge in [-0.2, -0.15) is 5.10 Å². The van der Waals surface area contributed by atoms with E-state index in [4.69, 9.17) is 9.72 Å². The van der Waals surface area contributed by atoms with Gasteiger partial charge >= 0.3 is 0 Å². The lowest BCUT2D eigenvalue weighted by molar-refractivity contribution is 0.0901. The SMILES string of the molecule is Cc1cc2c(cc1-c1c(C)n[nH]c1C)OCCN2c1nc2c(s1)C(=O)NC(C)(C)C2. The highest BCUT2D eigenvalue weighted by atomic mass is 32.1. The first-order valence-electron chi connectivity index (χ1n) is 10.1. The molecular formula is C22H25N5O2S. The number of nitrogens with one attached hydrogen (secondary N) is 2. The summed E-state index contributed by atoms with van der Waals surface area (Å²) in [6.45, 7) is 11.5. The summed E-state index contributed by atoms with van der Waals surface area (Å²) in [5.74, 6) is 0.802. The number of aryl methyl sites for hydroxylation is 3. The van der Waals surface area contributed by atoms with Gasteiger partial charge in [0.25, 0.3) is 5.91 Å². The number of hydrogen-bond acceptors (Lipinski definition) is 6. The van der Waals surface area contributed by atoms with Gasteiger partial charge in [-0.05, 0) is 57.9 Å². The van der Waals surface area contributed by atoms with E-state index in [-0.39, 0.29) is 11.4 Å². The maximum absolute atomic E-state index is 12.5. The molecule has 0 radical (unpaired) electrons. The van der Waals surface area contributed by atoms with Crippen LogP contribution in [0.5, 0.6) is 5.75 Å². The molecule has 1 aromatic carbocycles. The molecule has 0 spiro atoms. The van der Waals surface area contributed by atoms with Crippen molar-refractivity contribution < 1.29 is 9.53 Å². The Morgan fingerprint density at radius 1 is 1.23 bits per heavy atom. The van der Waals surface area contributed by atoms with Crippen LogP contribution in [0, 0.1) is 20.8 Å². The molecule has 156 valence electrons. The Bertz CT molecular complexity index is 1160. The van der Waals surface area contributed by atoms with Gasteiger partial charge in [0, 0.05) is 23.2 Å². The molecule has 0 saturated carbocycles. The number of hydrogen-bond donors (Lipinski definition) is 2. The summed E-state index contributed by atoms with van der Waals surface area (Å²) in [5.41, 5.74) is 7.02. The number of ether oxygens (including phenoxy) is 1. The zero-order chi connectivity index (χ0) is 21.2. The van der Waals surface area contributed by atoms with E-state index in [9.17, 15) is 4.79 Å². The number of amides is 1. The summed E-state index contributed by atoms with van der Waals surface area (Å²) < 4.78 is 6.03. The molecule has 0 aliphatic carbocycles. The van der Waals surface area contributed by atoms with Crippen molar-refractivity contribution in [1.82, 2.24) is 20.5 Å². The molecule has 1 amide bonds. The van der Waals surface area contributed by atoms with E-state index in [2.05, 4.69) is 39.5 Å². The predicted octanol–water partition coefficient (Wildman–Crippen LogP) is 4.05. The summed E-state index contributed by atoms with van der Waals surface area (Å²) >= 11 is 1.46. The second kappa shape index (κ2) is 6.57. The fourth-order valence-corrected chi connectivity index (χ4v) is 5.38. The van der Waals surface area contributed by atoms with Gasteiger partial charge in [0.05, 0.1) is 23.6 Å². The van der Waals surface area contributed by atoms with Crippen molar-refractivity contribution in [2.45, 2.75) is 46.6 Å². The number of benzene rings is 1. The van der Waals surface area contributed by atoms with Gasteiger partial charge in [-0.25, -0.2) is 4.98 Å². The Kier molecular flexibility index (Phi) is 4.18. The Hall–Kier alpha value is -2.87. The van der Waals surface area contributed by atoms with Crippen molar-refractivity contribution in [3.8, 4) is 16.9 Å². The molecule has 0 bridgehead atoms. The summed E-state index contributed by atoms with van der Waals surface area (Å²) in [7, 11) is 0. The minimum Gasteiger partial charge on any atom is -0.490 e. The summed E-state index contributed by atoms with van der Waals surface area (Å²) in [6, 6.07) is 4.26. The normalized spacial score (nSPS) is 17.2. The number of anilines is 2. The van der Waals surface area contributed by atoms with E-state index in [0.717, 1.165) is 61.6 Å². The number of rotatable bonds is 2. The summed E-state index contributed by atoms with van der Waals surface area (Å²) in [6.07, 6.45) is 0.735. The highest BCUT2D eigenvalue weighted by Crippen LogP contribution is 2.44. The van der Waals surface area contributed by atoms with Gasteiger partial charge in [-0.1, -0.05) is 11.3 Å². The van der Waals surface area contributed by atoms with Crippen molar-refractivity contribution in [3.05, 3.63) is 39.7 Å². The van der Waals surface area contributed by atoms with E-state index < -0.39 is 0 Å². The molecule has 0 unspecified atom stereocenters. The molecule has 2 aliphatic rings. The zero-order valence-electron chi connectivity index (χ0n) is 17.8. The van der Waals surface area contributed by atoms with E-state index >= 15 is 0 Å². The highest BCUT2D eigenvalue weighted by Gasteiger charge is 2.35. The van der Waals surface area contributed by atoms with Gasteiger partial charge in [-0.3, -0.25) is 9.89 Å². The lowest BCUT2D eigenvalue weighted by Crippen LogP contribution is -2.48. The van der Waals surface area contributed by atoms with Crippen LogP contribution < -0.4 is 15.0 Å². The highest BCUT2D eigenvalue weighted by molar-refractivity contribution is 7.17. The van der Waals surface area contributed by atoms with Crippen LogP contribution in [0.2, 0.25) is 0 Å². The maximum Gasteiger partial charge on any atom is 0.263 e. The predicted molar refractivity (Wildman–Crippen MR) is 118 cm³/mol. The first-order valence-corrected chi connectivity index (χ1v) is 10.9. The average Bonchev–Trinajstić information content (AvgIpc) is 3.23. The molecule has 8 heteroatoms. The lowest BCUT2D eigenvalue weighted by atomic mass is 9.94. The quantitative estimate of drug-likeness (QED) is 0.650. The topological polar surface area (TPSA) is 83.1 Å². The van der Waals surface area contributed by atoms with Crippen LogP contribution in [0.1, 0.15) is 46.2 Å². The molecule has 4 heterocycles. The third kappa shape index (κ3) is 2.98. The minimum absolute atomic E-state index is 0.0316. The fraction of sp³-hybridized carbons (Fsp3) is 0.409. The zero-order valence-corrected chi connectivity index (χ0v) is 18.7. The van der Waals surface area contributed by atoms with E-state index in [1.165, 1.54) is 11.3 Å². The Labute approximate surface area is 179 Å². The Balaban J connectivity index is 1.58. The van der Waals surface area contributed by atoms with Crippen molar-refractivity contribution in [2.75, 3.05) is 18.1 Å². The molecule has 5 rings (SSSR count). The van der Waals surface area contributed by atoms with Crippen molar-refractivity contribution in [2.24, 2.45) is 0 Å². The Morgan fingerprint density at radius 2 is 2.03 bits per heavy atom.